The SMILES string of the molecule is Cc1ccccc1CN1C[C@H](CN)OC1=O. The number of benzene rings is 1. The number of amides is 1. The standard InChI is InChI=1S/C12H16N2O2/c1-9-4-2-3-5-10(9)7-14-8-11(6-13)16-12(14)15/h2-5,11H,6-8,13H2,1H3/t11-/m0/s1. The van der Waals surface area contributed by atoms with E-state index >= 15 is 0 Å². The van der Waals surface area contributed by atoms with Gasteiger partial charge < -0.3 is 15.4 Å². The Labute approximate surface area is 95.0 Å². The molecule has 2 N–H and O–H groups in total. The molecule has 1 fully saturated rings. The Morgan fingerprint density at radius 3 is 2.88 bits per heavy atom. The fourth-order valence-corrected chi connectivity index (χ4v) is 1.82. The molecule has 1 aromatic carbocycles. The highest BCUT2D eigenvalue weighted by Gasteiger charge is 2.30. The fourth-order valence-electron chi connectivity index (χ4n) is 1.82. The minimum atomic E-state index is -0.265. The summed E-state index contributed by atoms with van der Waals surface area (Å²) in [5.41, 5.74) is 7.81. The average molecular weight is 220 g/mol. The number of cyclic esters (lactones) is 1. The third-order valence-electron chi connectivity index (χ3n) is 2.84. The van der Waals surface area contributed by atoms with E-state index < -0.39 is 0 Å². The number of hydrogen-bond acceptors (Lipinski definition) is 3. The van der Waals surface area contributed by atoms with Gasteiger partial charge in [0.2, 0.25) is 0 Å². The molecule has 16 heavy (non-hydrogen) atoms. The lowest BCUT2D eigenvalue weighted by atomic mass is 10.1. The van der Waals surface area contributed by atoms with E-state index in [2.05, 4.69) is 0 Å². The van der Waals surface area contributed by atoms with Crippen molar-refractivity contribution in [3.8, 4) is 0 Å². The molecule has 0 aromatic heterocycles. The number of carbonyl (C=O) groups is 1. The average Bonchev–Trinajstić information content (AvgIpc) is 2.63. The minimum Gasteiger partial charge on any atom is -0.443 e. The van der Waals surface area contributed by atoms with Crippen molar-refractivity contribution >= 4 is 6.09 Å². The number of aryl methyl sites for hydroxylation is 1. The monoisotopic (exact) mass is 220 g/mol. The first-order valence-electron chi connectivity index (χ1n) is 5.41. The Bertz CT molecular complexity index is 392. The summed E-state index contributed by atoms with van der Waals surface area (Å²) in [7, 11) is 0. The number of rotatable bonds is 3. The molecule has 1 aliphatic rings. The molecule has 0 saturated carbocycles. The lowest BCUT2D eigenvalue weighted by Crippen LogP contribution is -2.27. The van der Waals surface area contributed by atoms with Crippen molar-refractivity contribution in [1.29, 1.82) is 0 Å². The molecular weight excluding hydrogens is 204 g/mol. The first kappa shape index (κ1) is 11.0. The Morgan fingerprint density at radius 2 is 2.25 bits per heavy atom. The van der Waals surface area contributed by atoms with E-state index in [4.69, 9.17) is 10.5 Å². The van der Waals surface area contributed by atoms with Crippen LogP contribution < -0.4 is 5.73 Å². The lowest BCUT2D eigenvalue weighted by molar-refractivity contribution is 0.134. The van der Waals surface area contributed by atoms with Crippen LogP contribution in [0.2, 0.25) is 0 Å². The predicted molar refractivity (Wildman–Crippen MR) is 60.9 cm³/mol. The number of hydrogen-bond donors (Lipinski definition) is 1. The molecule has 1 saturated heterocycles. The molecule has 4 heteroatoms. The maximum atomic E-state index is 11.5. The van der Waals surface area contributed by atoms with Crippen LogP contribution in [0.5, 0.6) is 0 Å². The molecule has 1 aliphatic heterocycles. The van der Waals surface area contributed by atoms with Gasteiger partial charge in [-0.1, -0.05) is 24.3 Å². The highest BCUT2D eigenvalue weighted by atomic mass is 16.6. The van der Waals surface area contributed by atoms with E-state index in [1.165, 1.54) is 5.56 Å². The molecular formula is C12H16N2O2. The predicted octanol–water partition coefficient (Wildman–Crippen LogP) is 1.27. The first-order chi connectivity index (χ1) is 7.70. The van der Waals surface area contributed by atoms with Gasteiger partial charge in [-0.15, -0.1) is 0 Å². The van der Waals surface area contributed by atoms with Gasteiger partial charge >= 0.3 is 6.09 Å². The number of nitrogens with zero attached hydrogens (tertiary/aromatic N) is 1. The molecule has 1 amide bonds. The maximum Gasteiger partial charge on any atom is 0.410 e. The second kappa shape index (κ2) is 4.53. The van der Waals surface area contributed by atoms with Crippen LogP contribution in [0.15, 0.2) is 24.3 Å². The van der Waals surface area contributed by atoms with Gasteiger partial charge in [0, 0.05) is 13.1 Å². The highest BCUT2D eigenvalue weighted by molar-refractivity contribution is 5.70. The van der Waals surface area contributed by atoms with Gasteiger partial charge in [-0.3, -0.25) is 0 Å². The van der Waals surface area contributed by atoms with Crippen molar-refractivity contribution in [3.63, 3.8) is 0 Å². The Kier molecular flexibility index (Phi) is 3.10. The molecule has 0 radical (unpaired) electrons. The van der Waals surface area contributed by atoms with Crippen LogP contribution in [0.3, 0.4) is 0 Å². The van der Waals surface area contributed by atoms with Gasteiger partial charge in [-0.2, -0.15) is 0 Å². The largest absolute Gasteiger partial charge is 0.443 e. The van der Waals surface area contributed by atoms with E-state index in [-0.39, 0.29) is 12.2 Å². The molecule has 0 unspecified atom stereocenters. The van der Waals surface area contributed by atoms with Gasteiger partial charge in [0.05, 0.1) is 6.54 Å². The molecule has 0 aliphatic carbocycles. The summed E-state index contributed by atoms with van der Waals surface area (Å²) < 4.78 is 5.10. The smallest absolute Gasteiger partial charge is 0.410 e. The van der Waals surface area contributed by atoms with Crippen LogP contribution in [0.25, 0.3) is 0 Å². The summed E-state index contributed by atoms with van der Waals surface area (Å²) in [6, 6.07) is 8.03. The number of ether oxygens (including phenoxy) is 1. The first-order valence-corrected chi connectivity index (χ1v) is 5.41. The zero-order valence-corrected chi connectivity index (χ0v) is 9.35. The van der Waals surface area contributed by atoms with Crippen molar-refractivity contribution in [2.75, 3.05) is 13.1 Å². The molecule has 1 atom stereocenters. The molecule has 0 spiro atoms. The second-order valence-electron chi connectivity index (χ2n) is 4.05. The Hall–Kier alpha value is -1.55. The molecule has 1 aromatic rings. The van der Waals surface area contributed by atoms with Crippen molar-refractivity contribution < 1.29 is 9.53 Å². The number of carbonyl (C=O) groups excluding carboxylic acids is 1. The summed E-state index contributed by atoms with van der Waals surface area (Å²) in [4.78, 5) is 13.2. The summed E-state index contributed by atoms with van der Waals surface area (Å²) in [5.74, 6) is 0. The van der Waals surface area contributed by atoms with E-state index in [9.17, 15) is 4.79 Å². The third-order valence-corrected chi connectivity index (χ3v) is 2.84. The molecule has 1 heterocycles. The fraction of sp³-hybridized carbons (Fsp3) is 0.417. The van der Waals surface area contributed by atoms with Crippen molar-refractivity contribution in [2.45, 2.75) is 19.6 Å². The second-order valence-corrected chi connectivity index (χ2v) is 4.05. The van der Waals surface area contributed by atoms with Crippen molar-refractivity contribution in [1.82, 2.24) is 4.90 Å². The van der Waals surface area contributed by atoms with E-state index in [0.29, 0.717) is 19.6 Å². The maximum absolute atomic E-state index is 11.5. The minimum absolute atomic E-state index is 0.156. The lowest BCUT2D eigenvalue weighted by Gasteiger charge is -2.14. The van der Waals surface area contributed by atoms with E-state index in [1.54, 1.807) is 4.90 Å². The van der Waals surface area contributed by atoms with Crippen LogP contribution in [0, 0.1) is 6.92 Å². The molecule has 0 bridgehead atoms. The summed E-state index contributed by atoms with van der Waals surface area (Å²) in [6.07, 6.45) is -0.421. The number of nitrogens with two attached hydrogens (primary N) is 1. The molecule has 4 nitrogen and oxygen atoms in total. The summed E-state index contributed by atoms with van der Waals surface area (Å²) >= 11 is 0. The topological polar surface area (TPSA) is 55.6 Å². The zero-order chi connectivity index (χ0) is 11.5. The molecule has 86 valence electrons. The van der Waals surface area contributed by atoms with Gasteiger partial charge in [0.25, 0.3) is 0 Å². The van der Waals surface area contributed by atoms with Gasteiger partial charge in [0.15, 0.2) is 0 Å². The van der Waals surface area contributed by atoms with E-state index in [0.717, 1.165) is 5.56 Å². The van der Waals surface area contributed by atoms with Crippen LogP contribution in [-0.2, 0) is 11.3 Å². The Morgan fingerprint density at radius 1 is 1.50 bits per heavy atom. The van der Waals surface area contributed by atoms with Gasteiger partial charge in [-0.25, -0.2) is 4.79 Å². The van der Waals surface area contributed by atoms with Crippen LogP contribution >= 0.6 is 0 Å². The van der Waals surface area contributed by atoms with Crippen molar-refractivity contribution in [3.05, 3.63) is 35.4 Å². The normalized spacial score (nSPS) is 20.0. The van der Waals surface area contributed by atoms with Crippen LogP contribution in [-0.4, -0.2) is 30.2 Å². The summed E-state index contributed by atoms with van der Waals surface area (Å²) in [5, 5.41) is 0. The van der Waals surface area contributed by atoms with Crippen molar-refractivity contribution in [2.24, 2.45) is 5.73 Å². The zero-order valence-electron chi connectivity index (χ0n) is 9.35. The quantitative estimate of drug-likeness (QED) is 0.834. The summed E-state index contributed by atoms with van der Waals surface area (Å²) in [6.45, 7) is 3.61. The van der Waals surface area contributed by atoms with E-state index in [1.807, 2.05) is 31.2 Å². The van der Waals surface area contributed by atoms with Gasteiger partial charge in [-0.05, 0) is 18.1 Å². The highest BCUT2D eigenvalue weighted by Crippen LogP contribution is 2.16. The van der Waals surface area contributed by atoms with Gasteiger partial charge in [0.1, 0.15) is 6.10 Å². The Balaban J connectivity index is 2.06. The van der Waals surface area contributed by atoms with Crippen LogP contribution in [0.1, 0.15) is 11.1 Å². The third kappa shape index (κ3) is 2.17. The molecule has 2 rings (SSSR count). The van der Waals surface area contributed by atoms with Crippen LogP contribution in [0.4, 0.5) is 4.79 Å².